The minimum Gasteiger partial charge on any atom is -0.465 e. The average Bonchev–Trinajstić information content (AvgIpc) is 3.23. The van der Waals surface area contributed by atoms with Crippen molar-refractivity contribution >= 4 is 35.2 Å². The van der Waals surface area contributed by atoms with Crippen molar-refractivity contribution in [2.75, 3.05) is 24.7 Å². The summed E-state index contributed by atoms with van der Waals surface area (Å²) in [4.78, 5) is 46.6. The highest BCUT2D eigenvalue weighted by molar-refractivity contribution is 8.02. The number of amides is 2. The summed E-state index contributed by atoms with van der Waals surface area (Å²) in [6.07, 6.45) is 11.3. The molecule has 6 atom stereocenters. The molecule has 4 heterocycles. The van der Waals surface area contributed by atoms with Gasteiger partial charge in [-0.1, -0.05) is 56.4 Å². The summed E-state index contributed by atoms with van der Waals surface area (Å²) >= 11 is 1.55. The molecular weight excluding hydrogens is 524 g/mol. The molecule has 0 radical (unpaired) electrons. The maximum absolute atomic E-state index is 14.8. The lowest BCUT2D eigenvalue weighted by atomic mass is 9.74. The number of allylic oxidation sites excluding steroid dienone is 1. The summed E-state index contributed by atoms with van der Waals surface area (Å²) in [6.45, 7) is 10.5. The Morgan fingerprint density at radius 3 is 2.45 bits per heavy atom. The third kappa shape index (κ3) is 4.61. The highest BCUT2D eigenvalue weighted by Crippen LogP contribution is 2.65. The van der Waals surface area contributed by atoms with Crippen molar-refractivity contribution in [1.29, 1.82) is 0 Å². The number of carbonyl (C=O) groups excluding carboxylic acids is 3. The quantitative estimate of drug-likeness (QED) is 0.415. The standard InChI is InChI=1S/C32H42N2O5S/c1-20(2)18-23(19-35)34-27-29(37)33(26-21(3)12-10-13-22(26)4)16-11-15-32(27)24(28(34)36)25-30(38)39-17-9-7-6-8-14-31(25,5)40-32/h8,10-15,20,23-25,27,35H,6-7,9,16-19H2,1-5H3/b14-8-/t23-,24+,25+,27?,31-,32+/m1/s1. The molecule has 0 bridgehead atoms. The third-order valence-electron chi connectivity index (χ3n) is 9.00. The van der Waals surface area contributed by atoms with E-state index in [1.54, 1.807) is 21.6 Å². The van der Waals surface area contributed by atoms with Gasteiger partial charge in [0.2, 0.25) is 5.91 Å². The van der Waals surface area contributed by atoms with Gasteiger partial charge in [0, 0.05) is 17.0 Å². The van der Waals surface area contributed by atoms with Crippen LogP contribution in [0.5, 0.6) is 0 Å². The molecule has 40 heavy (non-hydrogen) atoms. The predicted molar refractivity (Wildman–Crippen MR) is 158 cm³/mol. The second kappa shape index (κ2) is 11.0. The van der Waals surface area contributed by atoms with Crippen molar-refractivity contribution in [1.82, 2.24) is 4.90 Å². The maximum Gasteiger partial charge on any atom is 0.311 e. The molecule has 0 saturated carbocycles. The number of aliphatic hydroxyl groups is 1. The summed E-state index contributed by atoms with van der Waals surface area (Å²) in [5.41, 5.74) is 2.82. The molecule has 1 unspecified atom stereocenters. The van der Waals surface area contributed by atoms with Gasteiger partial charge in [0.1, 0.15) is 6.04 Å². The van der Waals surface area contributed by atoms with Crippen LogP contribution in [0.1, 0.15) is 57.6 Å². The Kier molecular flexibility index (Phi) is 7.96. The number of nitrogens with zero attached hydrogens (tertiary/aromatic N) is 2. The molecule has 5 rings (SSSR count). The van der Waals surface area contributed by atoms with Crippen molar-refractivity contribution in [3.63, 3.8) is 0 Å². The summed E-state index contributed by atoms with van der Waals surface area (Å²) < 4.78 is 4.08. The van der Waals surface area contributed by atoms with E-state index in [1.165, 1.54) is 0 Å². The summed E-state index contributed by atoms with van der Waals surface area (Å²) in [6, 6.07) is 4.57. The van der Waals surface area contributed by atoms with E-state index in [0.29, 0.717) is 19.6 Å². The van der Waals surface area contributed by atoms with Crippen LogP contribution in [0.2, 0.25) is 0 Å². The van der Waals surface area contributed by atoms with Crippen molar-refractivity contribution in [2.24, 2.45) is 17.8 Å². The normalized spacial score (nSPS) is 33.8. The fourth-order valence-electron chi connectivity index (χ4n) is 7.38. The highest BCUT2D eigenvalue weighted by atomic mass is 32.2. The Labute approximate surface area is 242 Å². The Morgan fingerprint density at radius 1 is 1.05 bits per heavy atom. The van der Waals surface area contributed by atoms with Gasteiger partial charge in [-0.3, -0.25) is 14.4 Å². The molecule has 1 aromatic rings. The lowest BCUT2D eigenvalue weighted by molar-refractivity contribution is -0.154. The molecule has 7 nitrogen and oxygen atoms in total. The van der Waals surface area contributed by atoms with Crippen molar-refractivity contribution in [3.8, 4) is 0 Å². The van der Waals surface area contributed by atoms with E-state index in [1.807, 2.05) is 65.0 Å². The second-order valence-electron chi connectivity index (χ2n) is 12.4. The molecule has 2 fully saturated rings. The number of hydrogen-bond acceptors (Lipinski definition) is 6. The molecule has 1 N–H and O–H groups in total. The molecule has 1 aromatic carbocycles. The van der Waals surface area contributed by atoms with Crippen molar-refractivity contribution in [3.05, 3.63) is 53.6 Å². The zero-order valence-electron chi connectivity index (χ0n) is 24.3. The smallest absolute Gasteiger partial charge is 0.311 e. The number of cyclic esters (lactones) is 1. The monoisotopic (exact) mass is 566 g/mol. The first-order chi connectivity index (χ1) is 19.1. The first kappa shape index (κ1) is 28.9. The number of aliphatic hydroxyl groups excluding tert-OH is 1. The minimum absolute atomic E-state index is 0.169. The van der Waals surface area contributed by atoms with Gasteiger partial charge in [0.05, 0.1) is 35.8 Å². The van der Waals surface area contributed by atoms with Crippen LogP contribution in [0.25, 0.3) is 0 Å². The molecule has 0 aliphatic carbocycles. The predicted octanol–water partition coefficient (Wildman–Crippen LogP) is 4.58. The first-order valence-electron chi connectivity index (χ1n) is 14.6. The zero-order valence-corrected chi connectivity index (χ0v) is 25.1. The summed E-state index contributed by atoms with van der Waals surface area (Å²) in [7, 11) is 0. The van der Waals surface area contributed by atoms with Gasteiger partial charge < -0.3 is 19.6 Å². The maximum atomic E-state index is 14.8. The van der Waals surface area contributed by atoms with Crippen LogP contribution in [0.3, 0.4) is 0 Å². The largest absolute Gasteiger partial charge is 0.465 e. The Hall–Kier alpha value is -2.58. The van der Waals surface area contributed by atoms with E-state index in [2.05, 4.69) is 12.2 Å². The van der Waals surface area contributed by atoms with Crippen LogP contribution < -0.4 is 4.90 Å². The minimum atomic E-state index is -0.971. The van der Waals surface area contributed by atoms with Crippen LogP contribution in [-0.2, 0) is 19.1 Å². The lowest BCUT2D eigenvalue weighted by Crippen LogP contribution is -2.57. The average molecular weight is 567 g/mol. The van der Waals surface area contributed by atoms with Gasteiger partial charge in [-0.05, 0) is 63.5 Å². The van der Waals surface area contributed by atoms with Gasteiger partial charge >= 0.3 is 5.97 Å². The molecule has 216 valence electrons. The van der Waals surface area contributed by atoms with Crippen molar-refractivity contribution < 1.29 is 24.2 Å². The molecule has 2 saturated heterocycles. The number of anilines is 1. The molecular formula is C32H42N2O5S. The van der Waals surface area contributed by atoms with E-state index in [4.69, 9.17) is 4.74 Å². The molecule has 1 spiro atoms. The van der Waals surface area contributed by atoms with E-state index >= 15 is 0 Å². The van der Waals surface area contributed by atoms with Gasteiger partial charge in [-0.15, -0.1) is 11.8 Å². The molecule has 4 aliphatic heterocycles. The van der Waals surface area contributed by atoms with Crippen LogP contribution in [0, 0.1) is 31.6 Å². The van der Waals surface area contributed by atoms with E-state index in [9.17, 15) is 19.5 Å². The number of likely N-dealkylation sites (tertiary alicyclic amines) is 1. The number of ether oxygens (including phenoxy) is 1. The number of para-hydroxylation sites is 1. The van der Waals surface area contributed by atoms with E-state index in [0.717, 1.165) is 36.1 Å². The van der Waals surface area contributed by atoms with Gasteiger partial charge in [-0.25, -0.2) is 0 Å². The van der Waals surface area contributed by atoms with Crippen molar-refractivity contribution in [2.45, 2.75) is 81.9 Å². The number of aryl methyl sites for hydroxylation is 2. The number of fused-ring (bicyclic) bond motifs is 2. The zero-order chi connectivity index (χ0) is 28.8. The number of thioether (sulfide) groups is 1. The molecule has 2 amide bonds. The highest BCUT2D eigenvalue weighted by Gasteiger charge is 2.74. The number of benzene rings is 1. The number of esters is 1. The third-order valence-corrected chi connectivity index (χ3v) is 10.8. The van der Waals surface area contributed by atoms with Crippen LogP contribution in [0.15, 0.2) is 42.5 Å². The lowest BCUT2D eigenvalue weighted by Gasteiger charge is -2.40. The van der Waals surface area contributed by atoms with Crippen LogP contribution >= 0.6 is 11.8 Å². The summed E-state index contributed by atoms with van der Waals surface area (Å²) in [5, 5.41) is 10.6. The van der Waals surface area contributed by atoms with Gasteiger partial charge in [0.15, 0.2) is 0 Å². The second-order valence-corrected chi connectivity index (χ2v) is 14.2. The van der Waals surface area contributed by atoms with Gasteiger partial charge in [-0.2, -0.15) is 0 Å². The topological polar surface area (TPSA) is 87.2 Å². The van der Waals surface area contributed by atoms with Crippen LogP contribution in [-0.4, -0.2) is 69.1 Å². The molecule has 0 aromatic heterocycles. The number of rotatable bonds is 5. The van der Waals surface area contributed by atoms with E-state index < -0.39 is 33.4 Å². The Morgan fingerprint density at radius 2 is 1.77 bits per heavy atom. The number of hydrogen-bond donors (Lipinski definition) is 1. The molecule has 8 heteroatoms. The van der Waals surface area contributed by atoms with Gasteiger partial charge in [0.25, 0.3) is 5.91 Å². The molecule has 4 aliphatic rings. The summed E-state index contributed by atoms with van der Waals surface area (Å²) in [5.74, 6) is -2.10. The van der Waals surface area contributed by atoms with Crippen LogP contribution in [0.4, 0.5) is 5.69 Å². The van der Waals surface area contributed by atoms with E-state index in [-0.39, 0.29) is 30.3 Å². The number of carbonyl (C=O) groups is 3. The Balaban J connectivity index is 1.70. The fourth-order valence-corrected chi connectivity index (χ4v) is 9.52. The SMILES string of the molecule is Cc1cccc(C)c1N1CC=C[C@]23S[C@]4(C)/C=C\CCCCOC(=O)[C@@H]4[C@H]2C(=O)N([C@@H](CO)CC(C)C)C3C1=O. The first-order valence-corrected chi connectivity index (χ1v) is 15.4. The Bertz CT molecular complexity index is 1220. The fraction of sp³-hybridized carbons (Fsp3) is 0.594.